The molecule has 0 radical (unpaired) electrons. The maximum Gasteiger partial charge on any atom is 0.104 e. The molecule has 7 aliphatic heterocycles. The lowest BCUT2D eigenvalue weighted by Crippen LogP contribution is -2.24. The van der Waals surface area contributed by atoms with Crippen LogP contribution in [0.5, 0.6) is 0 Å². The number of rotatable bonds is 22. The Labute approximate surface area is 371 Å². The van der Waals surface area contributed by atoms with Gasteiger partial charge in [-0.2, -0.15) is 0 Å². The maximum atomic E-state index is 5.65. The number of epoxide rings is 7. The van der Waals surface area contributed by atoms with Crippen LogP contribution in [0.4, 0.5) is 0 Å². The van der Waals surface area contributed by atoms with Gasteiger partial charge in [0.2, 0.25) is 0 Å². The van der Waals surface area contributed by atoms with E-state index in [0.717, 1.165) is 70.4 Å². The SMILES string of the molecule is CC(C)C1CCC2(C)OC2C1.CCC1CCC2OC2C1.CCC1CO1.CCCCC1CO1.CCCCCCC1CO1.CCCCCCCCC1CO1.CCCOCC1CO1. The summed E-state index contributed by atoms with van der Waals surface area (Å²) in [5.74, 6) is 2.76. The fraction of sp³-hybridized carbons (Fsp3) is 1.00. The van der Waals surface area contributed by atoms with E-state index in [-0.39, 0.29) is 0 Å². The van der Waals surface area contributed by atoms with Crippen molar-refractivity contribution in [3.63, 3.8) is 0 Å². The number of unbranched alkanes of at least 4 members (excludes halogenated alkanes) is 9. The molecule has 0 aromatic heterocycles. The molecular formula is C52H100O8. The van der Waals surface area contributed by atoms with Gasteiger partial charge in [0.15, 0.2) is 0 Å². The average molecular weight is 853 g/mol. The van der Waals surface area contributed by atoms with Gasteiger partial charge in [-0.05, 0) is 95.3 Å². The first-order valence-corrected chi connectivity index (χ1v) is 26.2. The molecule has 0 amide bonds. The van der Waals surface area contributed by atoms with E-state index in [1.165, 1.54) is 148 Å². The van der Waals surface area contributed by atoms with Crippen LogP contribution < -0.4 is 0 Å². The molecule has 0 aromatic rings. The fourth-order valence-electron chi connectivity index (χ4n) is 8.05. The van der Waals surface area contributed by atoms with Crippen molar-refractivity contribution in [3.05, 3.63) is 0 Å². The van der Waals surface area contributed by atoms with Crippen molar-refractivity contribution in [1.82, 2.24) is 0 Å². The zero-order chi connectivity index (χ0) is 43.4. The quantitative estimate of drug-likeness (QED) is 0.0785. The van der Waals surface area contributed by atoms with Crippen LogP contribution in [0, 0.1) is 17.8 Å². The van der Waals surface area contributed by atoms with Crippen molar-refractivity contribution in [2.45, 2.75) is 271 Å². The number of hydrogen-bond donors (Lipinski definition) is 0. The Kier molecular flexibility index (Phi) is 29.1. The molecule has 11 atom stereocenters. The Morgan fingerprint density at radius 3 is 1.48 bits per heavy atom. The van der Waals surface area contributed by atoms with E-state index >= 15 is 0 Å². The summed E-state index contributed by atoms with van der Waals surface area (Å²) in [7, 11) is 0. The smallest absolute Gasteiger partial charge is 0.104 e. The summed E-state index contributed by atoms with van der Waals surface area (Å²) >= 11 is 0. The first kappa shape index (κ1) is 54.0. The van der Waals surface area contributed by atoms with Crippen molar-refractivity contribution in [1.29, 1.82) is 0 Å². The monoisotopic (exact) mass is 853 g/mol. The van der Waals surface area contributed by atoms with E-state index in [9.17, 15) is 0 Å². The topological polar surface area (TPSA) is 96.9 Å². The lowest BCUT2D eigenvalue weighted by atomic mass is 9.78. The minimum absolute atomic E-state index is 0.311. The van der Waals surface area contributed by atoms with Crippen molar-refractivity contribution in [3.8, 4) is 0 Å². The van der Waals surface area contributed by atoms with E-state index < -0.39 is 0 Å². The standard InChI is InChI=1S/C10H18O.C10H20O.C8H14O.C8H16O.C6H12O2.C6H12O.C4H8O/c1-7(2)8-4-5-10(3)9(6-8)11-10;1-2-3-4-5-6-7-8-10-9-11-10;1-2-6-3-4-7-8(5-6)9-7;1-2-3-4-5-6-8-7-9-8;1-2-3-7-4-6-5-8-6;1-2-3-4-6-5-7-6;1-2-4-3-5-4/h7-9H,4-6H2,1-3H3;10H,2-9H2,1H3;6-8H,2-5H2,1H3;8H,2-7H2,1H3;6H,2-5H2,1H3;6H,2-5H2,1H3;4H,2-3H2,1H3. The molecule has 2 aliphatic carbocycles. The van der Waals surface area contributed by atoms with Gasteiger partial charge >= 0.3 is 0 Å². The molecule has 7 saturated heterocycles. The van der Waals surface area contributed by atoms with E-state index in [0.29, 0.717) is 54.4 Å². The lowest BCUT2D eigenvalue weighted by Gasteiger charge is -2.25. The Hall–Kier alpha value is -0.320. The lowest BCUT2D eigenvalue weighted by molar-refractivity contribution is 0.117. The van der Waals surface area contributed by atoms with Crippen LogP contribution in [0.3, 0.4) is 0 Å². The van der Waals surface area contributed by atoms with Crippen molar-refractivity contribution >= 4 is 0 Å². The highest BCUT2D eigenvalue weighted by molar-refractivity contribution is 5.03. The zero-order valence-electron chi connectivity index (χ0n) is 41.0. The van der Waals surface area contributed by atoms with E-state index in [1.807, 2.05) is 0 Å². The minimum atomic E-state index is 0.311. The predicted molar refractivity (Wildman–Crippen MR) is 248 cm³/mol. The second kappa shape index (κ2) is 32.4. The molecule has 8 nitrogen and oxygen atoms in total. The third-order valence-corrected chi connectivity index (χ3v) is 13.5. The highest BCUT2D eigenvalue weighted by Crippen LogP contribution is 2.50. The molecular weight excluding hydrogens is 753 g/mol. The molecule has 9 aliphatic rings. The molecule has 7 heterocycles. The van der Waals surface area contributed by atoms with Crippen LogP contribution in [0.1, 0.15) is 216 Å². The normalized spacial score (nSPS) is 33.5. The van der Waals surface area contributed by atoms with Gasteiger partial charge in [0.25, 0.3) is 0 Å². The van der Waals surface area contributed by atoms with Gasteiger partial charge < -0.3 is 37.9 Å². The second-order valence-electron chi connectivity index (χ2n) is 19.8. The molecule has 9 fully saturated rings. The number of fused-ring (bicyclic) bond motifs is 2. The van der Waals surface area contributed by atoms with E-state index in [4.69, 9.17) is 37.9 Å². The fourth-order valence-corrected chi connectivity index (χ4v) is 8.05. The molecule has 9 rings (SSSR count). The molecule has 356 valence electrons. The van der Waals surface area contributed by atoms with Gasteiger partial charge in [-0.1, -0.05) is 139 Å². The summed E-state index contributed by atoms with van der Waals surface area (Å²) in [6, 6.07) is 0. The molecule has 0 spiro atoms. The van der Waals surface area contributed by atoms with Gasteiger partial charge in [0, 0.05) is 6.61 Å². The van der Waals surface area contributed by atoms with Crippen LogP contribution >= 0.6 is 0 Å². The van der Waals surface area contributed by atoms with Crippen molar-refractivity contribution < 1.29 is 37.9 Å². The van der Waals surface area contributed by atoms with Gasteiger partial charge in [-0.15, -0.1) is 0 Å². The Morgan fingerprint density at radius 2 is 1.05 bits per heavy atom. The van der Waals surface area contributed by atoms with Crippen LogP contribution in [0.25, 0.3) is 0 Å². The molecule has 60 heavy (non-hydrogen) atoms. The highest BCUT2D eigenvalue weighted by Gasteiger charge is 2.55. The predicted octanol–water partition coefficient (Wildman–Crippen LogP) is 13.2. The largest absolute Gasteiger partial charge is 0.379 e. The Bertz CT molecular complexity index is 993. The maximum absolute atomic E-state index is 5.65. The molecule has 11 unspecified atom stereocenters. The summed E-state index contributed by atoms with van der Waals surface area (Å²) in [5, 5.41) is 0. The van der Waals surface area contributed by atoms with Gasteiger partial charge in [-0.3, -0.25) is 0 Å². The zero-order valence-corrected chi connectivity index (χ0v) is 41.0. The van der Waals surface area contributed by atoms with E-state index in [2.05, 4.69) is 62.3 Å². The van der Waals surface area contributed by atoms with Crippen LogP contribution in [-0.2, 0) is 37.9 Å². The first-order chi connectivity index (χ1) is 29.2. The summed E-state index contributed by atoms with van der Waals surface area (Å²) in [6.07, 6.45) is 37.2. The Balaban J connectivity index is 0.000000189. The van der Waals surface area contributed by atoms with Crippen molar-refractivity contribution in [2.24, 2.45) is 17.8 Å². The van der Waals surface area contributed by atoms with Crippen molar-refractivity contribution in [2.75, 3.05) is 46.2 Å². The van der Waals surface area contributed by atoms with Crippen LogP contribution in [0.15, 0.2) is 0 Å². The average Bonchev–Trinajstić information content (AvgIpc) is 4.04. The minimum Gasteiger partial charge on any atom is -0.379 e. The molecule has 0 N–H and O–H groups in total. The summed E-state index contributed by atoms with van der Waals surface area (Å²) in [4.78, 5) is 0. The number of ether oxygens (including phenoxy) is 8. The van der Waals surface area contributed by atoms with Crippen LogP contribution in [-0.4, -0.2) is 101 Å². The van der Waals surface area contributed by atoms with Gasteiger partial charge in [0.05, 0.1) is 88.0 Å². The highest BCUT2D eigenvalue weighted by atomic mass is 16.6. The Morgan fingerprint density at radius 1 is 0.533 bits per heavy atom. The van der Waals surface area contributed by atoms with Gasteiger partial charge in [0.1, 0.15) is 6.10 Å². The number of hydrogen-bond acceptors (Lipinski definition) is 8. The summed E-state index contributed by atoms with van der Waals surface area (Å²) < 4.78 is 41.3. The third-order valence-electron chi connectivity index (χ3n) is 13.5. The molecule has 8 heteroatoms. The van der Waals surface area contributed by atoms with Crippen LogP contribution in [0.2, 0.25) is 0 Å². The summed E-state index contributed by atoms with van der Waals surface area (Å²) in [6.45, 7) is 26.8. The summed E-state index contributed by atoms with van der Waals surface area (Å²) in [5.41, 5.74) is 0.311. The van der Waals surface area contributed by atoms with E-state index in [1.54, 1.807) is 0 Å². The van der Waals surface area contributed by atoms with Gasteiger partial charge in [-0.25, -0.2) is 0 Å². The molecule has 2 saturated carbocycles. The molecule has 0 aromatic carbocycles. The molecule has 0 bridgehead atoms. The third kappa shape index (κ3) is 29.2. The second-order valence-corrected chi connectivity index (χ2v) is 19.8. The first-order valence-electron chi connectivity index (χ1n) is 26.2.